The summed E-state index contributed by atoms with van der Waals surface area (Å²) in [7, 11) is 0. The van der Waals surface area contributed by atoms with Crippen LogP contribution in [0.5, 0.6) is 23.0 Å². The maximum Gasteiger partial charge on any atom is 0.173 e. The van der Waals surface area contributed by atoms with Crippen molar-refractivity contribution in [2.75, 3.05) is 11.5 Å². The van der Waals surface area contributed by atoms with E-state index in [0.29, 0.717) is 0 Å². The molecule has 4 aliphatic carbocycles. The Bertz CT molecular complexity index is 1090. The van der Waals surface area contributed by atoms with Gasteiger partial charge in [0.2, 0.25) is 0 Å². The average molecular weight is 427 g/mol. The van der Waals surface area contributed by atoms with Gasteiger partial charge in [0.1, 0.15) is 11.5 Å². The fourth-order valence-electron chi connectivity index (χ4n) is 6.88. The summed E-state index contributed by atoms with van der Waals surface area (Å²) in [5.74, 6) is 5.69. The van der Waals surface area contributed by atoms with Gasteiger partial charge in [0.05, 0.1) is 0 Å². The van der Waals surface area contributed by atoms with Gasteiger partial charge >= 0.3 is 0 Å². The molecule has 4 aliphatic rings. The molecule has 4 heteroatoms. The van der Waals surface area contributed by atoms with Crippen molar-refractivity contribution in [3.63, 3.8) is 0 Å². The predicted octanol–water partition coefficient (Wildman–Crippen LogP) is 6.90. The SMILES string of the molecule is Nc1ccc(Oc2cccc(C34CC5CC(CC(C5)C3)C4)c2Oc2ccc(N)cc2)cc1. The summed E-state index contributed by atoms with van der Waals surface area (Å²) in [6, 6.07) is 21.5. The van der Waals surface area contributed by atoms with Crippen molar-refractivity contribution in [1.82, 2.24) is 0 Å². The molecule has 0 saturated heterocycles. The monoisotopic (exact) mass is 426 g/mol. The Labute approximate surface area is 189 Å². The molecule has 32 heavy (non-hydrogen) atoms. The van der Waals surface area contributed by atoms with Crippen molar-refractivity contribution in [1.29, 1.82) is 0 Å². The molecule has 7 rings (SSSR count). The van der Waals surface area contributed by atoms with Crippen LogP contribution < -0.4 is 20.9 Å². The minimum absolute atomic E-state index is 0.193. The van der Waals surface area contributed by atoms with Crippen LogP contribution in [0.2, 0.25) is 0 Å². The van der Waals surface area contributed by atoms with Crippen LogP contribution in [0.3, 0.4) is 0 Å². The van der Waals surface area contributed by atoms with Gasteiger partial charge in [0.15, 0.2) is 11.5 Å². The van der Waals surface area contributed by atoms with Gasteiger partial charge in [0, 0.05) is 16.9 Å². The maximum absolute atomic E-state index is 6.58. The molecule has 0 spiro atoms. The van der Waals surface area contributed by atoms with Crippen LogP contribution in [-0.2, 0) is 5.41 Å². The Balaban J connectivity index is 1.43. The summed E-state index contributed by atoms with van der Waals surface area (Å²) in [4.78, 5) is 0. The number of benzene rings is 3. The topological polar surface area (TPSA) is 70.5 Å². The molecule has 0 heterocycles. The van der Waals surface area contributed by atoms with E-state index in [1.807, 2.05) is 54.6 Å². The summed E-state index contributed by atoms with van der Waals surface area (Å²) >= 11 is 0. The highest BCUT2D eigenvalue weighted by molar-refractivity contribution is 5.55. The third-order valence-corrected chi connectivity index (χ3v) is 7.80. The van der Waals surface area contributed by atoms with Crippen LogP contribution in [0, 0.1) is 17.8 Å². The zero-order valence-electron chi connectivity index (χ0n) is 18.3. The third kappa shape index (κ3) is 3.48. The van der Waals surface area contributed by atoms with E-state index >= 15 is 0 Å². The average Bonchev–Trinajstić information content (AvgIpc) is 2.77. The molecule has 0 aliphatic heterocycles. The second-order valence-electron chi connectivity index (χ2n) is 10.2. The van der Waals surface area contributed by atoms with Crippen molar-refractivity contribution in [3.8, 4) is 23.0 Å². The summed E-state index contributed by atoms with van der Waals surface area (Å²) in [6.45, 7) is 0. The molecule has 4 fully saturated rings. The molecule has 3 aromatic carbocycles. The standard InChI is InChI=1S/C28H30N2O2/c29-21-4-8-23(9-5-21)31-26-3-1-2-25(27(26)32-24-10-6-22(30)7-11-24)28-15-18-12-19(16-28)14-20(13-18)17-28/h1-11,18-20H,12-17,29-30H2. The van der Waals surface area contributed by atoms with Crippen LogP contribution in [0.1, 0.15) is 44.1 Å². The van der Waals surface area contributed by atoms with Crippen LogP contribution in [0.25, 0.3) is 0 Å². The maximum atomic E-state index is 6.58. The number of para-hydroxylation sites is 1. The van der Waals surface area contributed by atoms with E-state index in [2.05, 4.69) is 12.1 Å². The first kappa shape index (κ1) is 19.5. The van der Waals surface area contributed by atoms with Gasteiger partial charge in [-0.2, -0.15) is 0 Å². The molecule has 0 aromatic heterocycles. The van der Waals surface area contributed by atoms with Crippen LogP contribution in [0.4, 0.5) is 11.4 Å². The molecule has 0 unspecified atom stereocenters. The zero-order valence-corrected chi connectivity index (χ0v) is 18.3. The Kier molecular flexibility index (Phi) is 4.56. The second kappa shape index (κ2) is 7.47. The number of ether oxygens (including phenoxy) is 2. The van der Waals surface area contributed by atoms with Crippen molar-refractivity contribution >= 4 is 11.4 Å². The summed E-state index contributed by atoms with van der Waals surface area (Å²) in [5.41, 5.74) is 14.7. The van der Waals surface area contributed by atoms with Gasteiger partial charge < -0.3 is 20.9 Å². The molecule has 0 amide bonds. The Morgan fingerprint density at radius 2 is 1.12 bits per heavy atom. The van der Waals surface area contributed by atoms with E-state index in [1.54, 1.807) is 0 Å². The number of nitrogen functional groups attached to an aromatic ring is 2. The molecule has 4 bridgehead atoms. The van der Waals surface area contributed by atoms with Crippen LogP contribution in [-0.4, -0.2) is 0 Å². The number of hydrogen-bond acceptors (Lipinski definition) is 4. The first-order valence-electron chi connectivity index (χ1n) is 11.8. The molecular weight excluding hydrogens is 396 g/mol. The van der Waals surface area contributed by atoms with Crippen LogP contribution >= 0.6 is 0 Å². The van der Waals surface area contributed by atoms with Gasteiger partial charge in [-0.25, -0.2) is 0 Å². The van der Waals surface area contributed by atoms with E-state index in [4.69, 9.17) is 20.9 Å². The van der Waals surface area contributed by atoms with Crippen molar-refractivity contribution in [2.45, 2.75) is 43.9 Å². The van der Waals surface area contributed by atoms with Gasteiger partial charge in [-0.15, -0.1) is 0 Å². The van der Waals surface area contributed by atoms with Gasteiger partial charge in [-0.1, -0.05) is 12.1 Å². The van der Waals surface area contributed by atoms with E-state index < -0.39 is 0 Å². The molecule has 0 atom stereocenters. The Morgan fingerprint density at radius 1 is 0.625 bits per heavy atom. The molecule has 164 valence electrons. The zero-order chi connectivity index (χ0) is 21.7. The highest BCUT2D eigenvalue weighted by atomic mass is 16.5. The fourth-order valence-corrected chi connectivity index (χ4v) is 6.88. The lowest BCUT2D eigenvalue weighted by Crippen LogP contribution is -2.48. The second-order valence-corrected chi connectivity index (χ2v) is 10.2. The highest BCUT2D eigenvalue weighted by Gasteiger charge is 2.52. The van der Waals surface area contributed by atoms with Gasteiger partial charge in [0.25, 0.3) is 0 Å². The number of nitrogens with two attached hydrogens (primary N) is 2. The van der Waals surface area contributed by atoms with Crippen molar-refractivity contribution < 1.29 is 9.47 Å². The Hall–Kier alpha value is -3.14. The molecule has 4 saturated carbocycles. The van der Waals surface area contributed by atoms with Crippen LogP contribution in [0.15, 0.2) is 66.7 Å². The largest absolute Gasteiger partial charge is 0.453 e. The lowest BCUT2D eigenvalue weighted by Gasteiger charge is -2.57. The lowest BCUT2D eigenvalue weighted by molar-refractivity contribution is -0.00608. The number of anilines is 2. The summed E-state index contributed by atoms with van der Waals surface area (Å²) in [6.07, 6.45) is 8.03. The number of rotatable bonds is 5. The third-order valence-electron chi connectivity index (χ3n) is 7.80. The lowest BCUT2D eigenvalue weighted by atomic mass is 9.48. The summed E-state index contributed by atoms with van der Waals surface area (Å²) in [5, 5.41) is 0. The first-order chi connectivity index (χ1) is 15.6. The molecule has 4 nitrogen and oxygen atoms in total. The number of hydrogen-bond donors (Lipinski definition) is 2. The predicted molar refractivity (Wildman–Crippen MR) is 128 cm³/mol. The van der Waals surface area contributed by atoms with E-state index in [9.17, 15) is 0 Å². The normalized spacial score (nSPS) is 27.9. The molecule has 4 N–H and O–H groups in total. The first-order valence-corrected chi connectivity index (χ1v) is 11.8. The smallest absolute Gasteiger partial charge is 0.173 e. The Morgan fingerprint density at radius 3 is 1.66 bits per heavy atom. The quantitative estimate of drug-likeness (QED) is 0.435. The van der Waals surface area contributed by atoms with Crippen molar-refractivity contribution in [2.24, 2.45) is 17.8 Å². The van der Waals surface area contributed by atoms with Gasteiger partial charge in [-0.3, -0.25) is 0 Å². The minimum Gasteiger partial charge on any atom is -0.453 e. The fraction of sp³-hybridized carbons (Fsp3) is 0.357. The molecule has 3 aromatic rings. The molecule has 0 radical (unpaired) electrons. The van der Waals surface area contributed by atoms with Crippen molar-refractivity contribution in [3.05, 3.63) is 72.3 Å². The van der Waals surface area contributed by atoms with E-state index in [1.165, 1.54) is 44.1 Å². The van der Waals surface area contributed by atoms with E-state index in [0.717, 1.165) is 52.1 Å². The minimum atomic E-state index is 0.193. The van der Waals surface area contributed by atoms with E-state index in [-0.39, 0.29) is 5.41 Å². The highest BCUT2D eigenvalue weighted by Crippen LogP contribution is 2.62. The van der Waals surface area contributed by atoms with Gasteiger partial charge in [-0.05, 0) is 116 Å². The summed E-state index contributed by atoms with van der Waals surface area (Å²) < 4.78 is 12.9. The molecular formula is C28H30N2O2.